The van der Waals surface area contributed by atoms with Crippen LogP contribution >= 0.6 is 11.6 Å². The van der Waals surface area contributed by atoms with Gasteiger partial charge in [-0.05, 0) is 12.5 Å². The third-order valence-electron chi connectivity index (χ3n) is 1.90. The summed E-state index contributed by atoms with van der Waals surface area (Å²) in [4.78, 5) is 17.3. The van der Waals surface area contributed by atoms with Crippen molar-refractivity contribution in [1.29, 1.82) is 0 Å². The third-order valence-corrected chi connectivity index (χ3v) is 2.23. The van der Waals surface area contributed by atoms with Gasteiger partial charge in [-0.25, -0.2) is 0 Å². The van der Waals surface area contributed by atoms with Crippen LogP contribution in [0.1, 0.15) is 23.7 Å². The van der Waals surface area contributed by atoms with Crippen LogP contribution in [0.2, 0.25) is 5.02 Å². The Bertz CT molecular complexity index is 328. The highest BCUT2D eigenvalue weighted by Gasteiger charge is 2.13. The topological polar surface area (TPSA) is 33.2 Å². The van der Waals surface area contributed by atoms with Gasteiger partial charge in [0.15, 0.2) is 0 Å². The van der Waals surface area contributed by atoms with E-state index >= 15 is 0 Å². The average molecular weight is 213 g/mol. The van der Waals surface area contributed by atoms with E-state index in [2.05, 4.69) is 4.98 Å². The number of hydrogen-bond donors (Lipinski definition) is 0. The summed E-state index contributed by atoms with van der Waals surface area (Å²) in [5.41, 5.74) is 0.463. The lowest BCUT2D eigenvalue weighted by Gasteiger charge is -2.16. The molecule has 0 N–H and O–H groups in total. The van der Waals surface area contributed by atoms with Crippen molar-refractivity contribution in [3.05, 3.63) is 29.0 Å². The van der Waals surface area contributed by atoms with Crippen LogP contribution in [0, 0.1) is 0 Å². The Hall–Kier alpha value is -1.09. The third kappa shape index (κ3) is 2.45. The van der Waals surface area contributed by atoms with Gasteiger partial charge in [-0.1, -0.05) is 18.5 Å². The number of aromatic nitrogens is 1. The van der Waals surface area contributed by atoms with E-state index < -0.39 is 0 Å². The van der Waals surface area contributed by atoms with E-state index in [1.807, 2.05) is 6.92 Å². The van der Waals surface area contributed by atoms with Crippen molar-refractivity contribution in [3.8, 4) is 0 Å². The van der Waals surface area contributed by atoms with Crippen LogP contribution < -0.4 is 0 Å². The molecule has 0 bridgehead atoms. The van der Waals surface area contributed by atoms with E-state index in [0.717, 1.165) is 13.0 Å². The lowest BCUT2D eigenvalue weighted by Crippen LogP contribution is -2.27. The van der Waals surface area contributed by atoms with E-state index in [0.29, 0.717) is 10.6 Å². The van der Waals surface area contributed by atoms with Gasteiger partial charge in [0.05, 0.1) is 10.6 Å². The lowest BCUT2D eigenvalue weighted by atomic mass is 10.2. The molecular formula is C10H13ClN2O. The van der Waals surface area contributed by atoms with Gasteiger partial charge in [-0.3, -0.25) is 9.78 Å². The van der Waals surface area contributed by atoms with Crippen LogP contribution in [0.25, 0.3) is 0 Å². The van der Waals surface area contributed by atoms with Gasteiger partial charge in [-0.2, -0.15) is 0 Å². The van der Waals surface area contributed by atoms with Crippen molar-refractivity contribution in [1.82, 2.24) is 9.88 Å². The molecule has 3 nitrogen and oxygen atoms in total. The average Bonchev–Trinajstić information content (AvgIpc) is 2.18. The van der Waals surface area contributed by atoms with Crippen LogP contribution in [-0.2, 0) is 0 Å². The Kier molecular flexibility index (Phi) is 3.89. The molecule has 0 aliphatic rings. The fourth-order valence-corrected chi connectivity index (χ4v) is 1.36. The summed E-state index contributed by atoms with van der Waals surface area (Å²) in [5, 5.41) is 0.452. The Morgan fingerprint density at radius 3 is 2.93 bits per heavy atom. The molecule has 0 atom stereocenters. The second-order valence-corrected chi connectivity index (χ2v) is 3.49. The van der Waals surface area contributed by atoms with Gasteiger partial charge in [0.1, 0.15) is 0 Å². The molecule has 1 aromatic heterocycles. The fraction of sp³-hybridized carbons (Fsp3) is 0.400. The molecular weight excluding hydrogens is 200 g/mol. The van der Waals surface area contributed by atoms with Gasteiger partial charge in [0.2, 0.25) is 0 Å². The quantitative estimate of drug-likeness (QED) is 0.770. The molecule has 4 heteroatoms. The molecule has 0 aliphatic carbocycles. The molecule has 1 rings (SSSR count). The monoisotopic (exact) mass is 212 g/mol. The summed E-state index contributed by atoms with van der Waals surface area (Å²) in [6.45, 7) is 2.75. The zero-order valence-corrected chi connectivity index (χ0v) is 9.08. The summed E-state index contributed by atoms with van der Waals surface area (Å²) >= 11 is 5.88. The van der Waals surface area contributed by atoms with Crippen molar-refractivity contribution in [2.75, 3.05) is 13.6 Å². The SMILES string of the molecule is CCCN(C)C(=O)c1cnccc1Cl. The number of hydrogen-bond acceptors (Lipinski definition) is 2. The number of rotatable bonds is 3. The first-order chi connectivity index (χ1) is 6.66. The Labute approximate surface area is 88.7 Å². The predicted octanol–water partition coefficient (Wildman–Crippen LogP) is 2.22. The van der Waals surface area contributed by atoms with Crippen LogP contribution in [-0.4, -0.2) is 29.4 Å². The summed E-state index contributed by atoms with van der Waals surface area (Å²) in [6.07, 6.45) is 4.00. The maximum absolute atomic E-state index is 11.8. The van der Waals surface area contributed by atoms with Gasteiger partial charge < -0.3 is 4.90 Å². The standard InChI is InChI=1S/C10H13ClN2O/c1-3-6-13(2)10(14)8-7-12-5-4-9(8)11/h4-5,7H,3,6H2,1-2H3. The minimum absolute atomic E-state index is 0.0787. The molecule has 0 aliphatic heterocycles. The minimum Gasteiger partial charge on any atom is -0.342 e. The van der Waals surface area contributed by atoms with E-state index in [1.165, 1.54) is 6.20 Å². The van der Waals surface area contributed by atoms with Crippen LogP contribution in [0.4, 0.5) is 0 Å². The highest BCUT2D eigenvalue weighted by Crippen LogP contribution is 2.15. The molecule has 0 saturated carbocycles. The summed E-state index contributed by atoms with van der Waals surface area (Å²) < 4.78 is 0. The second-order valence-electron chi connectivity index (χ2n) is 3.08. The summed E-state index contributed by atoms with van der Waals surface area (Å²) in [5.74, 6) is -0.0787. The summed E-state index contributed by atoms with van der Waals surface area (Å²) in [6, 6.07) is 1.62. The first kappa shape index (κ1) is 11.0. The van der Waals surface area contributed by atoms with Crippen molar-refractivity contribution < 1.29 is 4.79 Å². The molecule has 14 heavy (non-hydrogen) atoms. The van der Waals surface area contributed by atoms with Gasteiger partial charge >= 0.3 is 0 Å². The first-order valence-electron chi connectivity index (χ1n) is 4.51. The number of amides is 1. The van der Waals surface area contributed by atoms with E-state index in [-0.39, 0.29) is 5.91 Å². The van der Waals surface area contributed by atoms with E-state index in [9.17, 15) is 4.79 Å². The van der Waals surface area contributed by atoms with Crippen LogP contribution in [0.15, 0.2) is 18.5 Å². The van der Waals surface area contributed by atoms with Crippen molar-refractivity contribution in [2.24, 2.45) is 0 Å². The van der Waals surface area contributed by atoms with E-state index in [1.54, 1.807) is 24.2 Å². The van der Waals surface area contributed by atoms with Gasteiger partial charge in [0.25, 0.3) is 5.91 Å². The molecule has 1 heterocycles. The Morgan fingerprint density at radius 1 is 1.64 bits per heavy atom. The largest absolute Gasteiger partial charge is 0.342 e. The Morgan fingerprint density at radius 2 is 2.36 bits per heavy atom. The molecule has 0 saturated heterocycles. The molecule has 1 aromatic rings. The normalized spacial score (nSPS) is 9.93. The van der Waals surface area contributed by atoms with Gasteiger partial charge in [0, 0.05) is 26.0 Å². The highest BCUT2D eigenvalue weighted by atomic mass is 35.5. The van der Waals surface area contributed by atoms with Crippen LogP contribution in [0.5, 0.6) is 0 Å². The molecule has 1 amide bonds. The maximum Gasteiger partial charge on any atom is 0.256 e. The number of carbonyl (C=O) groups is 1. The zero-order chi connectivity index (χ0) is 10.6. The second kappa shape index (κ2) is 4.96. The number of halogens is 1. The zero-order valence-electron chi connectivity index (χ0n) is 8.33. The number of nitrogens with zero attached hydrogens (tertiary/aromatic N) is 2. The van der Waals surface area contributed by atoms with Gasteiger partial charge in [-0.15, -0.1) is 0 Å². The van der Waals surface area contributed by atoms with Crippen molar-refractivity contribution in [3.63, 3.8) is 0 Å². The number of carbonyl (C=O) groups excluding carboxylic acids is 1. The molecule has 0 fully saturated rings. The van der Waals surface area contributed by atoms with Crippen LogP contribution in [0.3, 0.4) is 0 Å². The maximum atomic E-state index is 11.8. The van der Waals surface area contributed by atoms with Crippen molar-refractivity contribution >= 4 is 17.5 Å². The predicted molar refractivity (Wildman–Crippen MR) is 56.5 cm³/mol. The number of pyridine rings is 1. The molecule has 0 spiro atoms. The fourth-order valence-electron chi connectivity index (χ4n) is 1.18. The minimum atomic E-state index is -0.0787. The smallest absolute Gasteiger partial charge is 0.256 e. The van der Waals surface area contributed by atoms with E-state index in [4.69, 9.17) is 11.6 Å². The lowest BCUT2D eigenvalue weighted by molar-refractivity contribution is 0.0795. The molecule has 0 aromatic carbocycles. The molecule has 0 unspecified atom stereocenters. The Balaban J connectivity index is 2.84. The molecule has 0 radical (unpaired) electrons. The summed E-state index contributed by atoms with van der Waals surface area (Å²) in [7, 11) is 1.76. The first-order valence-corrected chi connectivity index (χ1v) is 4.89. The van der Waals surface area contributed by atoms with Crippen molar-refractivity contribution in [2.45, 2.75) is 13.3 Å². The molecule has 76 valence electrons. The highest BCUT2D eigenvalue weighted by molar-refractivity contribution is 6.33.